The Kier molecular flexibility index (Phi) is 6.67. The van der Waals surface area contributed by atoms with Crippen molar-refractivity contribution in [1.29, 1.82) is 0 Å². The van der Waals surface area contributed by atoms with Crippen molar-refractivity contribution in [2.45, 2.75) is 102 Å². The SMILES string of the molecule is COc1ccc(CN2C(=O)C(CC3CCCCC3)[C@]3(CCC4CCCCC4)OC(=O)[C@H]23)cc1. The molecule has 33 heavy (non-hydrogen) atoms. The maximum atomic E-state index is 13.8. The first-order chi connectivity index (χ1) is 16.1. The first-order valence-corrected chi connectivity index (χ1v) is 13.3. The minimum atomic E-state index is -0.602. The molecule has 3 atom stereocenters. The predicted octanol–water partition coefficient (Wildman–Crippen LogP) is 5.65. The van der Waals surface area contributed by atoms with Gasteiger partial charge in [-0.05, 0) is 48.8 Å². The van der Waals surface area contributed by atoms with Crippen LogP contribution in [0.1, 0.15) is 89.0 Å². The highest BCUT2D eigenvalue weighted by atomic mass is 16.6. The molecule has 2 saturated heterocycles. The number of likely N-dealkylation sites (tertiary alicyclic amines) is 1. The number of esters is 1. The van der Waals surface area contributed by atoms with Gasteiger partial charge in [0.25, 0.3) is 0 Å². The molecule has 5 rings (SSSR count). The van der Waals surface area contributed by atoms with Crippen molar-refractivity contribution in [3.05, 3.63) is 29.8 Å². The van der Waals surface area contributed by atoms with E-state index in [1.807, 2.05) is 29.2 Å². The van der Waals surface area contributed by atoms with Crippen LogP contribution >= 0.6 is 0 Å². The summed E-state index contributed by atoms with van der Waals surface area (Å²) < 4.78 is 11.3. The lowest BCUT2D eigenvalue weighted by molar-refractivity contribution is -0.214. The number of ether oxygens (including phenoxy) is 2. The highest BCUT2D eigenvalue weighted by Crippen LogP contribution is 2.53. The zero-order valence-corrected chi connectivity index (χ0v) is 20.1. The number of hydrogen-bond acceptors (Lipinski definition) is 4. The van der Waals surface area contributed by atoms with Crippen LogP contribution in [0.25, 0.3) is 0 Å². The van der Waals surface area contributed by atoms with Crippen molar-refractivity contribution in [1.82, 2.24) is 4.90 Å². The van der Waals surface area contributed by atoms with E-state index in [9.17, 15) is 9.59 Å². The second kappa shape index (κ2) is 9.68. The van der Waals surface area contributed by atoms with E-state index in [1.54, 1.807) is 7.11 Å². The summed E-state index contributed by atoms with van der Waals surface area (Å²) in [6.07, 6.45) is 15.6. The Bertz CT molecular complexity index is 840. The van der Waals surface area contributed by atoms with E-state index < -0.39 is 11.6 Å². The second-order valence-electron chi connectivity index (χ2n) is 10.9. The number of fused-ring (bicyclic) bond motifs is 1. The van der Waals surface area contributed by atoms with Crippen molar-refractivity contribution in [2.24, 2.45) is 17.8 Å². The largest absolute Gasteiger partial charge is 0.497 e. The van der Waals surface area contributed by atoms with Gasteiger partial charge in [-0.2, -0.15) is 0 Å². The number of nitrogens with zero attached hydrogens (tertiary/aromatic N) is 1. The van der Waals surface area contributed by atoms with Gasteiger partial charge in [-0.1, -0.05) is 76.3 Å². The van der Waals surface area contributed by atoms with Crippen molar-refractivity contribution in [2.75, 3.05) is 7.11 Å². The lowest BCUT2D eigenvalue weighted by Gasteiger charge is -2.48. The first kappa shape index (κ1) is 22.7. The fourth-order valence-electron chi connectivity index (χ4n) is 7.05. The molecule has 0 aromatic heterocycles. The van der Waals surface area contributed by atoms with Crippen LogP contribution in [0.5, 0.6) is 5.75 Å². The van der Waals surface area contributed by atoms with Gasteiger partial charge in [0.05, 0.1) is 13.0 Å². The number of benzene rings is 1. The zero-order valence-electron chi connectivity index (χ0n) is 20.1. The summed E-state index contributed by atoms with van der Waals surface area (Å²) in [5.74, 6) is 1.86. The summed E-state index contributed by atoms with van der Waals surface area (Å²) in [6.45, 7) is 0.467. The molecule has 1 aromatic rings. The van der Waals surface area contributed by atoms with Crippen molar-refractivity contribution in [3.63, 3.8) is 0 Å². The third-order valence-corrected chi connectivity index (χ3v) is 8.93. The normalized spacial score (nSPS) is 30.6. The topological polar surface area (TPSA) is 55.8 Å². The van der Waals surface area contributed by atoms with Crippen LogP contribution in [-0.2, 0) is 20.9 Å². The minimum absolute atomic E-state index is 0.135. The van der Waals surface area contributed by atoms with E-state index in [-0.39, 0.29) is 17.8 Å². The summed E-state index contributed by atoms with van der Waals surface area (Å²) >= 11 is 0. The molecule has 2 aliphatic carbocycles. The van der Waals surface area contributed by atoms with E-state index in [4.69, 9.17) is 9.47 Å². The Balaban J connectivity index is 1.37. The summed E-state index contributed by atoms with van der Waals surface area (Å²) in [5, 5.41) is 0. The predicted molar refractivity (Wildman–Crippen MR) is 127 cm³/mol. The van der Waals surface area contributed by atoms with Crippen LogP contribution in [0, 0.1) is 17.8 Å². The quantitative estimate of drug-likeness (QED) is 0.477. The monoisotopic (exact) mass is 453 g/mol. The average Bonchev–Trinajstić information content (AvgIpc) is 3.02. The molecule has 4 aliphatic rings. The van der Waals surface area contributed by atoms with Crippen molar-refractivity contribution < 1.29 is 19.1 Å². The molecule has 0 N–H and O–H groups in total. The Morgan fingerprint density at radius 3 is 2.18 bits per heavy atom. The minimum Gasteiger partial charge on any atom is -0.497 e. The molecule has 0 bridgehead atoms. The van der Waals surface area contributed by atoms with Crippen LogP contribution in [0.4, 0.5) is 0 Å². The van der Waals surface area contributed by atoms with E-state index in [0.717, 1.165) is 30.6 Å². The molecule has 2 heterocycles. The third-order valence-electron chi connectivity index (χ3n) is 8.93. The average molecular weight is 454 g/mol. The summed E-state index contributed by atoms with van der Waals surface area (Å²) in [7, 11) is 1.65. The molecule has 5 nitrogen and oxygen atoms in total. The lowest BCUT2D eigenvalue weighted by Crippen LogP contribution is -2.65. The maximum Gasteiger partial charge on any atom is 0.333 e. The molecule has 4 fully saturated rings. The van der Waals surface area contributed by atoms with Gasteiger partial charge in [-0.3, -0.25) is 4.79 Å². The number of carbonyl (C=O) groups is 2. The Labute approximate surface area is 198 Å². The number of hydrogen-bond donors (Lipinski definition) is 0. The van der Waals surface area contributed by atoms with Crippen LogP contribution in [-0.4, -0.2) is 35.5 Å². The standard InChI is InChI=1S/C28H39NO4/c1-32-23-14-12-22(13-15-23)19-29-25-27(31)33-28(25,17-16-20-8-4-2-5-9-20)24(26(29)30)18-21-10-6-3-7-11-21/h12-15,20-21,24-25H,2-11,16-19H2,1H3/t24?,25-,28-/m0/s1. The highest BCUT2D eigenvalue weighted by Gasteiger charge is 2.71. The van der Waals surface area contributed by atoms with E-state index in [2.05, 4.69) is 0 Å². The van der Waals surface area contributed by atoms with Crippen molar-refractivity contribution >= 4 is 11.9 Å². The van der Waals surface area contributed by atoms with E-state index >= 15 is 0 Å². The number of carbonyl (C=O) groups excluding carboxylic acids is 2. The zero-order chi connectivity index (χ0) is 22.8. The third kappa shape index (κ3) is 4.40. The van der Waals surface area contributed by atoms with Gasteiger partial charge in [0.1, 0.15) is 5.75 Å². The van der Waals surface area contributed by atoms with Gasteiger partial charge in [-0.25, -0.2) is 4.79 Å². The van der Waals surface area contributed by atoms with E-state index in [1.165, 1.54) is 64.2 Å². The molecule has 2 aliphatic heterocycles. The van der Waals surface area contributed by atoms with Gasteiger partial charge in [0.2, 0.25) is 5.91 Å². The Hall–Kier alpha value is -2.04. The van der Waals surface area contributed by atoms with Gasteiger partial charge in [0, 0.05) is 6.54 Å². The second-order valence-corrected chi connectivity index (χ2v) is 10.9. The van der Waals surface area contributed by atoms with Crippen LogP contribution in [0.3, 0.4) is 0 Å². The number of amides is 1. The molecule has 1 aromatic carbocycles. The lowest BCUT2D eigenvalue weighted by atomic mass is 9.70. The smallest absolute Gasteiger partial charge is 0.333 e. The van der Waals surface area contributed by atoms with Crippen LogP contribution in [0.2, 0.25) is 0 Å². The fraction of sp³-hybridized carbons (Fsp3) is 0.714. The van der Waals surface area contributed by atoms with Crippen LogP contribution in [0.15, 0.2) is 24.3 Å². The molecular formula is C28H39NO4. The summed E-state index contributed by atoms with van der Waals surface area (Å²) in [5.41, 5.74) is 0.429. The molecule has 0 spiro atoms. The molecule has 0 radical (unpaired) electrons. The number of methoxy groups -OCH3 is 1. The summed E-state index contributed by atoms with van der Waals surface area (Å²) in [4.78, 5) is 28.5. The molecule has 180 valence electrons. The number of rotatable bonds is 8. The first-order valence-electron chi connectivity index (χ1n) is 13.3. The molecule has 1 unspecified atom stereocenters. The molecule has 2 saturated carbocycles. The maximum absolute atomic E-state index is 13.8. The van der Waals surface area contributed by atoms with Crippen LogP contribution < -0.4 is 4.74 Å². The highest BCUT2D eigenvalue weighted by molar-refractivity contribution is 5.97. The molecule has 1 amide bonds. The molecule has 5 heteroatoms. The van der Waals surface area contributed by atoms with Gasteiger partial charge in [-0.15, -0.1) is 0 Å². The van der Waals surface area contributed by atoms with Crippen molar-refractivity contribution in [3.8, 4) is 5.75 Å². The fourth-order valence-corrected chi connectivity index (χ4v) is 7.05. The van der Waals surface area contributed by atoms with E-state index in [0.29, 0.717) is 18.4 Å². The Morgan fingerprint density at radius 2 is 1.58 bits per heavy atom. The van der Waals surface area contributed by atoms with Gasteiger partial charge in [0.15, 0.2) is 11.6 Å². The van der Waals surface area contributed by atoms with Gasteiger partial charge >= 0.3 is 5.97 Å². The summed E-state index contributed by atoms with van der Waals surface area (Å²) in [6, 6.07) is 7.42. The Morgan fingerprint density at radius 1 is 0.939 bits per heavy atom. The molecular weight excluding hydrogens is 414 g/mol. The van der Waals surface area contributed by atoms with Gasteiger partial charge < -0.3 is 14.4 Å².